The first kappa shape index (κ1) is 11.7. The maximum Gasteiger partial charge on any atom is 0.225 e. The summed E-state index contributed by atoms with van der Waals surface area (Å²) in [7, 11) is 1.65. The lowest BCUT2D eigenvalue weighted by molar-refractivity contribution is -0.116. The molecule has 1 N–H and O–H groups in total. The number of carbonyl (C=O) groups is 1. The quantitative estimate of drug-likeness (QED) is 0.770. The second-order valence-corrected chi connectivity index (χ2v) is 3.26. The third kappa shape index (κ3) is 4.12. The van der Waals surface area contributed by atoms with E-state index in [1.54, 1.807) is 17.9 Å². The average Bonchev–Trinajstić information content (AvgIpc) is 2.63. The number of hydrogen-bond donors (Lipinski definition) is 1. The third-order valence-electron chi connectivity index (χ3n) is 1.91. The van der Waals surface area contributed by atoms with Gasteiger partial charge in [0, 0.05) is 25.8 Å². The molecule has 0 fully saturated rings. The van der Waals surface area contributed by atoms with Crippen molar-refractivity contribution < 1.29 is 9.53 Å². The largest absolute Gasteiger partial charge is 0.383 e. The molecule has 1 aromatic rings. The Hall–Kier alpha value is -1.36. The zero-order chi connectivity index (χ0) is 11.1. The molecule has 1 aromatic heterocycles. The smallest absolute Gasteiger partial charge is 0.225 e. The second kappa shape index (κ2) is 6.19. The highest BCUT2D eigenvalue weighted by molar-refractivity contribution is 5.89. The highest BCUT2D eigenvalue weighted by atomic mass is 16.5. The van der Waals surface area contributed by atoms with Crippen LogP contribution < -0.4 is 5.32 Å². The normalized spacial score (nSPS) is 10.3. The minimum atomic E-state index is 0.00879. The molecule has 0 radical (unpaired) electrons. The summed E-state index contributed by atoms with van der Waals surface area (Å²) in [6, 6.07) is 1.78. The van der Waals surface area contributed by atoms with Gasteiger partial charge in [0.1, 0.15) is 0 Å². The van der Waals surface area contributed by atoms with E-state index in [4.69, 9.17) is 4.74 Å². The van der Waals surface area contributed by atoms with Gasteiger partial charge in [-0.25, -0.2) is 0 Å². The average molecular weight is 211 g/mol. The molecule has 5 nitrogen and oxygen atoms in total. The highest BCUT2D eigenvalue weighted by Crippen LogP contribution is 2.03. The molecule has 0 spiro atoms. The number of methoxy groups -OCH3 is 1. The summed E-state index contributed by atoms with van der Waals surface area (Å²) in [4.78, 5) is 11.3. The Balaban J connectivity index is 2.42. The van der Waals surface area contributed by atoms with Crippen LogP contribution in [0.4, 0.5) is 5.82 Å². The van der Waals surface area contributed by atoms with Crippen LogP contribution >= 0.6 is 0 Å². The van der Waals surface area contributed by atoms with E-state index < -0.39 is 0 Å². The Kier molecular flexibility index (Phi) is 4.83. The van der Waals surface area contributed by atoms with Gasteiger partial charge in [-0.1, -0.05) is 6.92 Å². The summed E-state index contributed by atoms with van der Waals surface area (Å²) in [6.07, 6.45) is 3.20. The molecule has 0 aliphatic heterocycles. The molecule has 0 atom stereocenters. The zero-order valence-corrected chi connectivity index (χ0v) is 9.19. The number of aromatic nitrogens is 2. The van der Waals surface area contributed by atoms with Crippen LogP contribution in [0.5, 0.6) is 0 Å². The highest BCUT2D eigenvalue weighted by Gasteiger charge is 2.03. The third-order valence-corrected chi connectivity index (χ3v) is 1.91. The minimum absolute atomic E-state index is 0.00879. The van der Waals surface area contributed by atoms with E-state index in [1.165, 1.54) is 0 Å². The molecule has 0 unspecified atom stereocenters. The Bertz CT molecular complexity index is 309. The van der Waals surface area contributed by atoms with Crippen molar-refractivity contribution in [3.05, 3.63) is 12.3 Å². The molecular formula is C10H17N3O2. The SMILES string of the molecule is CCCC(=O)Nc1ccn(CCOC)n1. The van der Waals surface area contributed by atoms with E-state index in [9.17, 15) is 4.79 Å². The number of carbonyl (C=O) groups excluding carboxylic acids is 1. The molecule has 0 aromatic carbocycles. The predicted molar refractivity (Wildman–Crippen MR) is 57.6 cm³/mol. The van der Waals surface area contributed by atoms with Gasteiger partial charge in [-0.2, -0.15) is 5.10 Å². The second-order valence-electron chi connectivity index (χ2n) is 3.26. The molecule has 1 heterocycles. The number of amides is 1. The van der Waals surface area contributed by atoms with E-state index in [1.807, 2.05) is 13.1 Å². The lowest BCUT2D eigenvalue weighted by Crippen LogP contribution is -2.12. The number of nitrogens with zero attached hydrogens (tertiary/aromatic N) is 2. The number of hydrogen-bond acceptors (Lipinski definition) is 3. The molecule has 0 saturated heterocycles. The van der Waals surface area contributed by atoms with Crippen molar-refractivity contribution in [2.75, 3.05) is 19.0 Å². The Morgan fingerprint density at radius 1 is 1.67 bits per heavy atom. The molecule has 5 heteroatoms. The summed E-state index contributed by atoms with van der Waals surface area (Å²) >= 11 is 0. The van der Waals surface area contributed by atoms with Gasteiger partial charge in [0.05, 0.1) is 13.2 Å². The summed E-state index contributed by atoms with van der Waals surface area (Å²) < 4.78 is 6.67. The molecule has 0 aliphatic rings. The maximum atomic E-state index is 11.3. The number of ether oxygens (including phenoxy) is 1. The molecule has 15 heavy (non-hydrogen) atoms. The van der Waals surface area contributed by atoms with Crippen LogP contribution in [0.25, 0.3) is 0 Å². The van der Waals surface area contributed by atoms with Crippen LogP contribution in [0.2, 0.25) is 0 Å². The first-order chi connectivity index (χ1) is 7.26. The van der Waals surface area contributed by atoms with Gasteiger partial charge in [-0.15, -0.1) is 0 Å². The van der Waals surface area contributed by atoms with Crippen molar-refractivity contribution in [3.8, 4) is 0 Å². The van der Waals surface area contributed by atoms with Gasteiger partial charge in [0.25, 0.3) is 0 Å². The monoisotopic (exact) mass is 211 g/mol. The van der Waals surface area contributed by atoms with Gasteiger partial charge < -0.3 is 10.1 Å². The fraction of sp³-hybridized carbons (Fsp3) is 0.600. The number of rotatable bonds is 6. The van der Waals surface area contributed by atoms with Crippen LogP contribution in [-0.4, -0.2) is 29.4 Å². The Labute approximate surface area is 89.4 Å². The first-order valence-corrected chi connectivity index (χ1v) is 5.08. The lowest BCUT2D eigenvalue weighted by atomic mass is 10.3. The van der Waals surface area contributed by atoms with Crippen molar-refractivity contribution >= 4 is 11.7 Å². The lowest BCUT2D eigenvalue weighted by Gasteiger charge is -2.00. The number of nitrogens with one attached hydrogen (secondary N) is 1. The van der Waals surface area contributed by atoms with Crippen LogP contribution in [0, 0.1) is 0 Å². The van der Waals surface area contributed by atoms with Crippen LogP contribution in [0.15, 0.2) is 12.3 Å². The van der Waals surface area contributed by atoms with E-state index in [-0.39, 0.29) is 5.91 Å². The fourth-order valence-corrected chi connectivity index (χ4v) is 1.17. The van der Waals surface area contributed by atoms with E-state index in [0.29, 0.717) is 25.4 Å². The summed E-state index contributed by atoms with van der Waals surface area (Å²) in [5.41, 5.74) is 0. The zero-order valence-electron chi connectivity index (χ0n) is 9.19. The van der Waals surface area contributed by atoms with Gasteiger partial charge in [0.2, 0.25) is 5.91 Å². The summed E-state index contributed by atoms with van der Waals surface area (Å²) in [5, 5.41) is 6.90. The standard InChI is InChI=1S/C10H17N3O2/c1-3-4-10(14)11-9-5-6-13(12-9)7-8-15-2/h5-6H,3-4,7-8H2,1-2H3,(H,11,12,14). The Morgan fingerprint density at radius 2 is 2.47 bits per heavy atom. The van der Waals surface area contributed by atoms with E-state index in [0.717, 1.165) is 6.42 Å². The maximum absolute atomic E-state index is 11.3. The van der Waals surface area contributed by atoms with Crippen molar-refractivity contribution in [2.45, 2.75) is 26.3 Å². The molecular weight excluding hydrogens is 194 g/mol. The number of anilines is 1. The molecule has 84 valence electrons. The topological polar surface area (TPSA) is 56.2 Å². The van der Waals surface area contributed by atoms with Gasteiger partial charge in [-0.05, 0) is 6.42 Å². The van der Waals surface area contributed by atoms with Crippen molar-refractivity contribution in [2.24, 2.45) is 0 Å². The Morgan fingerprint density at radius 3 is 3.13 bits per heavy atom. The summed E-state index contributed by atoms with van der Waals surface area (Å²) in [6.45, 7) is 3.28. The molecule has 0 bridgehead atoms. The van der Waals surface area contributed by atoms with Crippen molar-refractivity contribution in [3.63, 3.8) is 0 Å². The van der Waals surface area contributed by atoms with Gasteiger partial charge in [0.15, 0.2) is 5.82 Å². The molecule has 1 amide bonds. The molecule has 0 aliphatic carbocycles. The molecule has 0 saturated carbocycles. The first-order valence-electron chi connectivity index (χ1n) is 5.08. The van der Waals surface area contributed by atoms with Crippen molar-refractivity contribution in [1.82, 2.24) is 9.78 Å². The van der Waals surface area contributed by atoms with Crippen molar-refractivity contribution in [1.29, 1.82) is 0 Å². The van der Waals surface area contributed by atoms with Crippen LogP contribution in [-0.2, 0) is 16.1 Å². The van der Waals surface area contributed by atoms with Gasteiger partial charge in [-0.3, -0.25) is 9.48 Å². The van der Waals surface area contributed by atoms with E-state index in [2.05, 4.69) is 10.4 Å². The van der Waals surface area contributed by atoms with Crippen LogP contribution in [0.1, 0.15) is 19.8 Å². The summed E-state index contributed by atoms with van der Waals surface area (Å²) in [5.74, 6) is 0.610. The van der Waals surface area contributed by atoms with Gasteiger partial charge >= 0.3 is 0 Å². The predicted octanol–water partition coefficient (Wildman–Crippen LogP) is 1.27. The van der Waals surface area contributed by atoms with Crippen LogP contribution in [0.3, 0.4) is 0 Å². The minimum Gasteiger partial charge on any atom is -0.383 e. The molecule has 1 rings (SSSR count). The fourth-order valence-electron chi connectivity index (χ4n) is 1.17. The van der Waals surface area contributed by atoms with E-state index >= 15 is 0 Å².